The first-order valence-electron chi connectivity index (χ1n) is 6.24. The van der Waals surface area contributed by atoms with E-state index >= 15 is 0 Å². The van der Waals surface area contributed by atoms with Crippen LogP contribution < -0.4 is 9.47 Å². The van der Waals surface area contributed by atoms with Crippen molar-refractivity contribution in [3.63, 3.8) is 0 Å². The Morgan fingerprint density at radius 1 is 1.10 bits per heavy atom. The first-order valence-corrected chi connectivity index (χ1v) is 6.62. The Bertz CT molecular complexity index is 816. The van der Waals surface area contributed by atoms with Crippen LogP contribution in [0.4, 0.5) is 0 Å². The molecule has 0 atom stereocenters. The molecule has 108 valence electrons. The minimum atomic E-state index is 0.386. The highest BCUT2D eigenvalue weighted by Gasteiger charge is 2.16. The van der Waals surface area contributed by atoms with Gasteiger partial charge in [-0.15, -0.1) is 10.2 Å². The lowest BCUT2D eigenvalue weighted by Gasteiger charge is -2.10. The predicted molar refractivity (Wildman–Crippen MR) is 79.1 cm³/mol. The van der Waals surface area contributed by atoms with Gasteiger partial charge in [-0.2, -0.15) is 0 Å². The molecule has 0 amide bonds. The summed E-state index contributed by atoms with van der Waals surface area (Å²) in [6.45, 7) is 1.85. The summed E-state index contributed by atoms with van der Waals surface area (Å²) in [6.07, 6.45) is 0. The van der Waals surface area contributed by atoms with E-state index in [0.717, 1.165) is 5.56 Å². The minimum Gasteiger partial charge on any atom is -0.497 e. The smallest absolute Gasteiger partial charge is 0.173 e. The van der Waals surface area contributed by atoms with Gasteiger partial charge in [-0.25, -0.2) is 4.98 Å². The molecule has 0 unspecified atom stereocenters. The van der Waals surface area contributed by atoms with Crippen LogP contribution >= 0.6 is 11.6 Å². The van der Waals surface area contributed by atoms with Crippen LogP contribution in [0, 0.1) is 6.92 Å². The molecule has 0 N–H and O–H groups in total. The fourth-order valence-electron chi connectivity index (χ4n) is 2.22. The van der Waals surface area contributed by atoms with Crippen molar-refractivity contribution in [2.75, 3.05) is 14.2 Å². The topological polar surface area (TPSA) is 61.5 Å². The molecular formula is C14H13ClN4O2. The molecule has 0 saturated heterocycles. The summed E-state index contributed by atoms with van der Waals surface area (Å²) >= 11 is 5.95. The summed E-state index contributed by atoms with van der Waals surface area (Å²) in [5.74, 6) is 2.71. The average molecular weight is 305 g/mol. The molecule has 0 fully saturated rings. The highest BCUT2D eigenvalue weighted by molar-refractivity contribution is 6.29. The van der Waals surface area contributed by atoms with Crippen molar-refractivity contribution in [3.05, 3.63) is 35.2 Å². The standard InChI is InChI=1S/C14H13ClN4O2/c1-8-16-12(15)7-13-17-18-14(19(8)13)10-6-9(20-2)4-5-11(10)21-3/h4-7H,1-3H3. The van der Waals surface area contributed by atoms with Gasteiger partial charge in [0.2, 0.25) is 0 Å². The molecule has 0 saturated carbocycles. The van der Waals surface area contributed by atoms with E-state index in [1.54, 1.807) is 20.3 Å². The highest BCUT2D eigenvalue weighted by Crippen LogP contribution is 2.33. The van der Waals surface area contributed by atoms with Crippen molar-refractivity contribution >= 4 is 17.2 Å². The van der Waals surface area contributed by atoms with Crippen LogP contribution in [0.5, 0.6) is 11.5 Å². The van der Waals surface area contributed by atoms with Crippen molar-refractivity contribution in [2.45, 2.75) is 6.92 Å². The fraction of sp³-hybridized carbons (Fsp3) is 0.214. The quantitative estimate of drug-likeness (QED) is 0.696. The van der Waals surface area contributed by atoms with E-state index < -0.39 is 0 Å². The molecule has 6 nitrogen and oxygen atoms in total. The zero-order valence-electron chi connectivity index (χ0n) is 11.8. The monoisotopic (exact) mass is 304 g/mol. The number of benzene rings is 1. The molecule has 0 aliphatic carbocycles. The second-order valence-electron chi connectivity index (χ2n) is 4.41. The van der Waals surface area contributed by atoms with Gasteiger partial charge in [0.15, 0.2) is 11.5 Å². The lowest BCUT2D eigenvalue weighted by atomic mass is 10.1. The lowest BCUT2D eigenvalue weighted by molar-refractivity contribution is 0.404. The van der Waals surface area contributed by atoms with Gasteiger partial charge in [0.05, 0.1) is 19.8 Å². The third-order valence-corrected chi connectivity index (χ3v) is 3.37. The predicted octanol–water partition coefficient (Wildman–Crippen LogP) is 2.77. The number of hydrogen-bond donors (Lipinski definition) is 0. The number of nitrogens with zero attached hydrogens (tertiary/aromatic N) is 4. The molecule has 0 spiro atoms. The summed E-state index contributed by atoms with van der Waals surface area (Å²) in [4.78, 5) is 4.23. The molecule has 7 heteroatoms. The van der Waals surface area contributed by atoms with Gasteiger partial charge in [-0.1, -0.05) is 11.6 Å². The molecular weight excluding hydrogens is 292 g/mol. The maximum atomic E-state index is 5.95. The van der Waals surface area contributed by atoms with Crippen LogP contribution in [0.15, 0.2) is 24.3 Å². The van der Waals surface area contributed by atoms with E-state index in [-0.39, 0.29) is 0 Å². The molecule has 0 radical (unpaired) electrons. The number of rotatable bonds is 3. The average Bonchev–Trinajstić information content (AvgIpc) is 2.90. The third-order valence-electron chi connectivity index (χ3n) is 3.18. The van der Waals surface area contributed by atoms with Crippen molar-refractivity contribution in [1.82, 2.24) is 19.6 Å². The molecule has 2 aromatic heterocycles. The van der Waals surface area contributed by atoms with E-state index in [2.05, 4.69) is 15.2 Å². The first-order chi connectivity index (χ1) is 10.1. The number of hydrogen-bond acceptors (Lipinski definition) is 5. The molecule has 3 rings (SSSR count). The Balaban J connectivity index is 2.30. The minimum absolute atomic E-state index is 0.386. The van der Waals surface area contributed by atoms with Crippen LogP contribution in [0.1, 0.15) is 5.82 Å². The van der Waals surface area contributed by atoms with E-state index in [0.29, 0.717) is 33.9 Å². The third kappa shape index (κ3) is 2.27. The van der Waals surface area contributed by atoms with Crippen molar-refractivity contribution < 1.29 is 9.47 Å². The second-order valence-corrected chi connectivity index (χ2v) is 4.80. The van der Waals surface area contributed by atoms with Crippen LogP contribution in [0.2, 0.25) is 5.15 Å². The Kier molecular flexibility index (Phi) is 3.39. The van der Waals surface area contributed by atoms with E-state index in [4.69, 9.17) is 21.1 Å². The number of ether oxygens (including phenoxy) is 2. The summed E-state index contributed by atoms with van der Waals surface area (Å²) in [7, 11) is 3.22. The van der Waals surface area contributed by atoms with Gasteiger partial charge in [0, 0.05) is 6.07 Å². The van der Waals surface area contributed by atoms with Crippen molar-refractivity contribution in [1.29, 1.82) is 0 Å². The maximum Gasteiger partial charge on any atom is 0.173 e. The summed E-state index contributed by atoms with van der Waals surface area (Å²) in [5.41, 5.74) is 1.41. The Morgan fingerprint density at radius 3 is 2.62 bits per heavy atom. The van der Waals surface area contributed by atoms with Gasteiger partial charge in [0.1, 0.15) is 22.5 Å². The first kappa shape index (κ1) is 13.6. The largest absolute Gasteiger partial charge is 0.497 e. The maximum absolute atomic E-state index is 5.95. The normalized spacial score (nSPS) is 10.9. The SMILES string of the molecule is COc1ccc(OC)c(-c2nnc3cc(Cl)nc(C)n23)c1. The number of fused-ring (bicyclic) bond motifs is 1. The molecule has 0 bridgehead atoms. The van der Waals surface area contributed by atoms with Gasteiger partial charge in [0.25, 0.3) is 0 Å². The number of aryl methyl sites for hydroxylation is 1. The van der Waals surface area contributed by atoms with Gasteiger partial charge < -0.3 is 9.47 Å². The summed E-state index contributed by atoms with van der Waals surface area (Å²) < 4.78 is 12.5. The van der Waals surface area contributed by atoms with Crippen LogP contribution in [0.3, 0.4) is 0 Å². The Morgan fingerprint density at radius 2 is 1.90 bits per heavy atom. The number of methoxy groups -OCH3 is 2. The molecule has 0 aliphatic rings. The number of aromatic nitrogens is 4. The molecule has 2 heterocycles. The van der Waals surface area contributed by atoms with Crippen LogP contribution in [-0.2, 0) is 0 Å². The van der Waals surface area contributed by atoms with Crippen molar-refractivity contribution in [2.24, 2.45) is 0 Å². The Hall–Kier alpha value is -2.34. The van der Waals surface area contributed by atoms with Gasteiger partial charge in [-0.3, -0.25) is 4.40 Å². The number of halogens is 1. The zero-order valence-corrected chi connectivity index (χ0v) is 12.5. The van der Waals surface area contributed by atoms with E-state index in [1.165, 1.54) is 0 Å². The van der Waals surface area contributed by atoms with E-state index in [9.17, 15) is 0 Å². The second kappa shape index (κ2) is 5.21. The molecule has 21 heavy (non-hydrogen) atoms. The molecule has 3 aromatic rings. The summed E-state index contributed by atoms with van der Waals surface area (Å²) in [6, 6.07) is 7.17. The van der Waals surface area contributed by atoms with Crippen LogP contribution in [-0.4, -0.2) is 33.8 Å². The zero-order chi connectivity index (χ0) is 15.0. The van der Waals surface area contributed by atoms with Crippen molar-refractivity contribution in [3.8, 4) is 22.9 Å². The Labute approximate surface area is 126 Å². The van der Waals surface area contributed by atoms with Gasteiger partial charge in [-0.05, 0) is 25.1 Å². The lowest BCUT2D eigenvalue weighted by Crippen LogP contribution is -1.99. The fourth-order valence-corrected chi connectivity index (χ4v) is 2.44. The van der Waals surface area contributed by atoms with Crippen LogP contribution in [0.25, 0.3) is 17.0 Å². The van der Waals surface area contributed by atoms with Gasteiger partial charge >= 0.3 is 0 Å². The van der Waals surface area contributed by atoms with E-state index in [1.807, 2.05) is 29.5 Å². The highest BCUT2D eigenvalue weighted by atomic mass is 35.5. The molecule has 1 aromatic carbocycles. The molecule has 0 aliphatic heterocycles. The summed E-state index contributed by atoms with van der Waals surface area (Å²) in [5, 5.41) is 8.76.